The number of fused-ring (bicyclic) bond motifs is 2. The highest BCUT2D eigenvalue weighted by Crippen LogP contribution is 2.49. The number of aliphatic hydroxyl groups is 1. The van der Waals surface area contributed by atoms with Gasteiger partial charge in [0, 0.05) is 24.2 Å². The Bertz CT molecular complexity index is 860. The van der Waals surface area contributed by atoms with Crippen LogP contribution in [0.3, 0.4) is 0 Å². The Morgan fingerprint density at radius 1 is 1.35 bits per heavy atom. The molecule has 5 atom stereocenters. The van der Waals surface area contributed by atoms with Crippen molar-refractivity contribution in [3.8, 4) is 0 Å². The maximum Gasteiger partial charge on any atom is 0.230 e. The summed E-state index contributed by atoms with van der Waals surface area (Å²) in [6.45, 7) is 3.71. The van der Waals surface area contributed by atoms with Crippen LogP contribution >= 0.6 is 11.6 Å². The maximum absolute atomic E-state index is 13.0. The molecular formula is C19H20ClN3O3. The Kier molecular flexibility index (Phi) is 4.42. The van der Waals surface area contributed by atoms with Crippen molar-refractivity contribution >= 4 is 23.2 Å². The Morgan fingerprint density at radius 2 is 2.15 bits per heavy atom. The summed E-state index contributed by atoms with van der Waals surface area (Å²) in [4.78, 5) is 21.4. The molecule has 2 aliphatic rings. The van der Waals surface area contributed by atoms with Crippen LogP contribution in [0.5, 0.6) is 0 Å². The van der Waals surface area contributed by atoms with E-state index in [2.05, 4.69) is 15.3 Å². The molecule has 6 nitrogen and oxygen atoms in total. The van der Waals surface area contributed by atoms with Crippen molar-refractivity contribution in [1.29, 1.82) is 0 Å². The number of amides is 1. The third-order valence-corrected chi connectivity index (χ3v) is 5.61. The Balaban J connectivity index is 1.62. The molecule has 0 unspecified atom stereocenters. The first kappa shape index (κ1) is 17.4. The normalized spacial score (nSPS) is 29.8. The van der Waals surface area contributed by atoms with E-state index in [0.717, 1.165) is 11.3 Å². The quantitative estimate of drug-likeness (QED) is 0.864. The minimum absolute atomic E-state index is 0.148. The summed E-state index contributed by atoms with van der Waals surface area (Å²) in [6, 6.07) is 5.53. The fourth-order valence-electron chi connectivity index (χ4n) is 4.02. The fraction of sp³-hybridized carbons (Fsp3) is 0.421. The van der Waals surface area contributed by atoms with Gasteiger partial charge in [-0.15, -0.1) is 0 Å². The number of aromatic nitrogens is 2. The monoisotopic (exact) mass is 373 g/mol. The predicted molar refractivity (Wildman–Crippen MR) is 97.1 cm³/mol. The number of rotatable bonds is 3. The van der Waals surface area contributed by atoms with Crippen molar-refractivity contribution in [3.05, 3.63) is 52.6 Å². The highest BCUT2D eigenvalue weighted by molar-refractivity contribution is 6.31. The minimum atomic E-state index is -0.557. The molecule has 2 N–H and O–H groups in total. The number of halogens is 1. The highest BCUT2D eigenvalue weighted by Gasteiger charge is 2.56. The number of hydrogen-bond donors (Lipinski definition) is 2. The smallest absolute Gasteiger partial charge is 0.230 e. The molecule has 2 aromatic heterocycles. The maximum atomic E-state index is 13.0. The molecule has 4 rings (SSSR count). The molecule has 0 saturated carbocycles. The van der Waals surface area contributed by atoms with Crippen LogP contribution in [0.1, 0.15) is 29.3 Å². The largest absolute Gasteiger partial charge is 0.390 e. The Morgan fingerprint density at radius 3 is 2.88 bits per heavy atom. The molecule has 7 heteroatoms. The van der Waals surface area contributed by atoms with Crippen LogP contribution < -0.4 is 5.32 Å². The summed E-state index contributed by atoms with van der Waals surface area (Å²) >= 11 is 6.10. The van der Waals surface area contributed by atoms with E-state index in [4.69, 9.17) is 16.3 Å². The molecule has 0 radical (unpaired) electrons. The van der Waals surface area contributed by atoms with Crippen molar-refractivity contribution in [2.45, 2.75) is 44.5 Å². The second-order valence-electron chi connectivity index (χ2n) is 7.00. The summed E-state index contributed by atoms with van der Waals surface area (Å²) in [5.41, 5.74) is 3.09. The summed E-state index contributed by atoms with van der Waals surface area (Å²) in [5, 5.41) is 13.7. The van der Waals surface area contributed by atoms with Gasteiger partial charge >= 0.3 is 0 Å². The van der Waals surface area contributed by atoms with E-state index < -0.39 is 6.10 Å². The number of anilines is 1. The third-order valence-electron chi connectivity index (χ3n) is 5.23. The van der Waals surface area contributed by atoms with E-state index in [1.54, 1.807) is 25.4 Å². The van der Waals surface area contributed by atoms with E-state index in [0.29, 0.717) is 22.8 Å². The van der Waals surface area contributed by atoms with Crippen LogP contribution in [0.4, 0.5) is 5.69 Å². The van der Waals surface area contributed by atoms with Gasteiger partial charge in [0.1, 0.15) is 0 Å². The van der Waals surface area contributed by atoms with Gasteiger partial charge in [-0.05, 0) is 37.6 Å². The molecule has 2 aliphatic heterocycles. The van der Waals surface area contributed by atoms with E-state index >= 15 is 0 Å². The average molecular weight is 374 g/mol. The number of carbonyl (C=O) groups is 1. The summed E-state index contributed by atoms with van der Waals surface area (Å²) in [7, 11) is 0. The lowest BCUT2D eigenvalue weighted by Gasteiger charge is -2.30. The number of nitrogens with zero attached hydrogens (tertiary/aromatic N) is 2. The van der Waals surface area contributed by atoms with Crippen molar-refractivity contribution in [3.63, 3.8) is 0 Å². The van der Waals surface area contributed by atoms with Gasteiger partial charge in [0.25, 0.3) is 0 Å². The van der Waals surface area contributed by atoms with Crippen LogP contribution in [-0.4, -0.2) is 39.3 Å². The molecule has 26 heavy (non-hydrogen) atoms. The SMILES string of the molecule is Cc1cc([C@H]2[C@H]3O[C@H](C[C@@H]3O)[C@@H]2C(=O)Nc2cnc(C)c(Cl)c2)ccn1. The third kappa shape index (κ3) is 2.98. The lowest BCUT2D eigenvalue weighted by Crippen LogP contribution is -2.41. The van der Waals surface area contributed by atoms with Crippen molar-refractivity contribution < 1.29 is 14.6 Å². The zero-order valence-electron chi connectivity index (χ0n) is 14.5. The van der Waals surface area contributed by atoms with E-state index in [1.165, 1.54) is 0 Å². The van der Waals surface area contributed by atoms with E-state index in [-0.39, 0.29) is 30.0 Å². The van der Waals surface area contributed by atoms with Gasteiger partial charge in [-0.1, -0.05) is 11.6 Å². The number of hydrogen-bond acceptors (Lipinski definition) is 5. The van der Waals surface area contributed by atoms with Gasteiger partial charge < -0.3 is 15.2 Å². The summed E-state index contributed by atoms with van der Waals surface area (Å²) < 4.78 is 5.93. The van der Waals surface area contributed by atoms with Crippen LogP contribution in [-0.2, 0) is 9.53 Å². The van der Waals surface area contributed by atoms with E-state index in [1.807, 2.05) is 19.1 Å². The predicted octanol–water partition coefficient (Wildman–Crippen LogP) is 2.62. The van der Waals surface area contributed by atoms with Gasteiger partial charge in [0.15, 0.2) is 0 Å². The molecule has 2 bridgehead atoms. The zero-order valence-corrected chi connectivity index (χ0v) is 15.3. The van der Waals surface area contributed by atoms with Crippen molar-refractivity contribution in [2.24, 2.45) is 5.92 Å². The number of aryl methyl sites for hydroxylation is 2. The molecule has 0 aromatic carbocycles. The van der Waals surface area contributed by atoms with Crippen molar-refractivity contribution in [2.75, 3.05) is 5.32 Å². The van der Waals surface area contributed by atoms with Crippen molar-refractivity contribution in [1.82, 2.24) is 9.97 Å². The molecule has 2 fully saturated rings. The highest BCUT2D eigenvalue weighted by atomic mass is 35.5. The van der Waals surface area contributed by atoms with Gasteiger partial charge in [-0.2, -0.15) is 0 Å². The number of aliphatic hydroxyl groups excluding tert-OH is 1. The first-order valence-corrected chi connectivity index (χ1v) is 9.01. The second-order valence-corrected chi connectivity index (χ2v) is 7.41. The molecule has 4 heterocycles. The van der Waals surface area contributed by atoms with Gasteiger partial charge in [0.2, 0.25) is 5.91 Å². The molecule has 136 valence electrons. The lowest BCUT2D eigenvalue weighted by atomic mass is 9.74. The molecule has 1 amide bonds. The number of pyridine rings is 2. The Labute approximate surface area is 156 Å². The molecule has 0 aliphatic carbocycles. The van der Waals surface area contributed by atoms with Crippen LogP contribution in [0.2, 0.25) is 5.02 Å². The van der Waals surface area contributed by atoms with Crippen LogP contribution in [0.15, 0.2) is 30.6 Å². The Hall–Kier alpha value is -2.02. The lowest BCUT2D eigenvalue weighted by molar-refractivity contribution is -0.121. The fourth-order valence-corrected chi connectivity index (χ4v) is 4.18. The van der Waals surface area contributed by atoms with Crippen LogP contribution in [0.25, 0.3) is 0 Å². The van der Waals surface area contributed by atoms with E-state index in [9.17, 15) is 9.90 Å². The standard InChI is InChI=1S/C19H20ClN3O3/c1-9-5-11(3-4-21-9)16-17(15-7-14(24)18(16)26-15)19(25)23-12-6-13(20)10(2)22-8-12/h3-6,8,14-18,24H,7H2,1-2H3,(H,23,25)/t14-,15+,16+,17-,18-/m0/s1. The number of nitrogens with one attached hydrogen (secondary N) is 1. The van der Waals surface area contributed by atoms with Gasteiger partial charge in [-0.3, -0.25) is 14.8 Å². The second kappa shape index (κ2) is 6.61. The summed E-state index contributed by atoms with van der Waals surface area (Å²) in [5.74, 6) is -0.741. The van der Waals surface area contributed by atoms with Gasteiger partial charge in [-0.25, -0.2) is 0 Å². The zero-order chi connectivity index (χ0) is 18.4. The molecular weight excluding hydrogens is 354 g/mol. The average Bonchev–Trinajstić information content (AvgIpc) is 3.15. The molecule has 2 aromatic rings. The van der Waals surface area contributed by atoms with Crippen LogP contribution in [0, 0.1) is 19.8 Å². The number of carbonyl (C=O) groups excluding carboxylic acids is 1. The molecule has 0 spiro atoms. The first-order valence-electron chi connectivity index (χ1n) is 8.63. The molecule has 2 saturated heterocycles. The summed E-state index contributed by atoms with van der Waals surface area (Å²) in [6.07, 6.45) is 2.54. The minimum Gasteiger partial charge on any atom is -0.390 e. The topological polar surface area (TPSA) is 84.3 Å². The first-order chi connectivity index (χ1) is 12.4. The number of ether oxygens (including phenoxy) is 1. The van der Waals surface area contributed by atoms with Gasteiger partial charge in [0.05, 0.1) is 46.8 Å².